The molecule has 8 nitrogen and oxygen atoms in total. The van der Waals surface area contributed by atoms with Gasteiger partial charge in [0.25, 0.3) is 5.56 Å². The van der Waals surface area contributed by atoms with Gasteiger partial charge in [-0.25, -0.2) is 14.8 Å². The summed E-state index contributed by atoms with van der Waals surface area (Å²) in [7, 11) is 0. The molecule has 0 atom stereocenters. The molecule has 0 fully saturated rings. The number of halogens is 1. The van der Waals surface area contributed by atoms with Crippen molar-refractivity contribution in [3.63, 3.8) is 0 Å². The maximum Gasteiger partial charge on any atom is 0.335 e. The van der Waals surface area contributed by atoms with Gasteiger partial charge in [0.2, 0.25) is 17.6 Å². The van der Waals surface area contributed by atoms with Crippen LogP contribution in [0.15, 0.2) is 15.8 Å². The number of rotatable bonds is 6. The first-order valence-corrected chi connectivity index (χ1v) is 5.93. The molecule has 1 aromatic rings. The largest absolute Gasteiger partial charge is 0.335 e. The van der Waals surface area contributed by atoms with Crippen molar-refractivity contribution in [2.24, 2.45) is 0 Å². The molecule has 0 radical (unpaired) electrons. The minimum absolute atomic E-state index is 0.0217. The third-order valence-corrected chi connectivity index (χ3v) is 2.59. The van der Waals surface area contributed by atoms with Crippen molar-refractivity contribution in [3.05, 3.63) is 32.9 Å². The number of unbranched alkanes of at least 4 members (excludes halogenated alkanes) is 2. The molecule has 0 bridgehead atoms. The normalized spacial score (nSPS) is 10.3. The molecule has 0 aliphatic rings. The van der Waals surface area contributed by atoms with E-state index in [1.807, 2.05) is 0 Å². The summed E-state index contributed by atoms with van der Waals surface area (Å²) in [5.41, 5.74) is -0.675. The van der Waals surface area contributed by atoms with E-state index in [1.165, 1.54) is 5.48 Å². The average molecular weight is 287 g/mol. The Morgan fingerprint density at radius 3 is 2.55 bits per heavy atom. The van der Waals surface area contributed by atoms with Crippen molar-refractivity contribution in [2.75, 3.05) is 0 Å². The molecule has 9 heteroatoms. The predicted molar refractivity (Wildman–Crippen MR) is 64.9 cm³/mol. The fraction of sp³-hybridized carbons (Fsp3) is 0.455. The van der Waals surface area contributed by atoms with E-state index >= 15 is 0 Å². The van der Waals surface area contributed by atoms with Crippen LogP contribution in [0.4, 0.5) is 4.39 Å². The second-order valence-electron chi connectivity index (χ2n) is 4.10. The summed E-state index contributed by atoms with van der Waals surface area (Å²) in [6.07, 6.45) is 2.05. The molecular weight excluding hydrogens is 273 g/mol. The van der Waals surface area contributed by atoms with Crippen LogP contribution < -0.4 is 16.7 Å². The van der Waals surface area contributed by atoms with Crippen LogP contribution in [0.3, 0.4) is 0 Å². The lowest BCUT2D eigenvalue weighted by atomic mass is 10.1. The number of H-pyrrole nitrogens is 1. The molecule has 1 heterocycles. The molecule has 20 heavy (non-hydrogen) atoms. The number of aromatic nitrogens is 2. The Bertz CT molecular complexity index is 607. The second kappa shape index (κ2) is 7.34. The van der Waals surface area contributed by atoms with Crippen molar-refractivity contribution in [1.29, 1.82) is 0 Å². The van der Waals surface area contributed by atoms with Crippen molar-refractivity contribution in [1.82, 2.24) is 15.0 Å². The monoisotopic (exact) mass is 287 g/mol. The lowest BCUT2D eigenvalue weighted by molar-refractivity contribution is -0.129. The van der Waals surface area contributed by atoms with Gasteiger partial charge in [0.1, 0.15) is 0 Å². The quantitative estimate of drug-likeness (QED) is 0.379. The van der Waals surface area contributed by atoms with E-state index in [1.54, 1.807) is 4.98 Å². The topological polar surface area (TPSA) is 121 Å². The molecule has 1 aromatic heterocycles. The highest BCUT2D eigenvalue weighted by atomic mass is 19.1. The highest BCUT2D eigenvalue weighted by Gasteiger charge is 2.10. The van der Waals surface area contributed by atoms with Gasteiger partial charge >= 0.3 is 5.69 Å². The SMILES string of the molecule is O=C(CCCCCC(=O)n1cc(F)c(=O)[nH]c1=O)NO. The van der Waals surface area contributed by atoms with Crippen LogP contribution in [0.2, 0.25) is 0 Å². The highest BCUT2D eigenvalue weighted by Crippen LogP contribution is 2.04. The second-order valence-corrected chi connectivity index (χ2v) is 4.10. The van der Waals surface area contributed by atoms with Gasteiger partial charge in [-0.05, 0) is 12.8 Å². The minimum Gasteiger partial charge on any atom is -0.289 e. The number of carbonyl (C=O) groups is 2. The van der Waals surface area contributed by atoms with Gasteiger partial charge in [-0.15, -0.1) is 0 Å². The Morgan fingerprint density at radius 2 is 1.90 bits per heavy atom. The standard InChI is InChI=1S/C11H14FN3O5/c12-7-6-15(11(19)13-10(7)18)9(17)5-3-1-2-4-8(16)14-20/h6,20H,1-5H2,(H,14,16)(H,13,18,19). The summed E-state index contributed by atoms with van der Waals surface area (Å²) in [4.78, 5) is 46.1. The summed E-state index contributed by atoms with van der Waals surface area (Å²) < 4.78 is 13.5. The number of aromatic amines is 1. The number of hydroxylamine groups is 1. The zero-order chi connectivity index (χ0) is 15.1. The lowest BCUT2D eigenvalue weighted by Crippen LogP contribution is -2.34. The number of hydrogen-bond donors (Lipinski definition) is 3. The van der Waals surface area contributed by atoms with Gasteiger partial charge in [0, 0.05) is 12.8 Å². The number of carbonyl (C=O) groups excluding carboxylic acids is 2. The van der Waals surface area contributed by atoms with Crippen LogP contribution in [-0.2, 0) is 4.79 Å². The third kappa shape index (κ3) is 4.43. The zero-order valence-electron chi connectivity index (χ0n) is 10.5. The predicted octanol–water partition coefficient (Wildman–Crippen LogP) is -0.228. The van der Waals surface area contributed by atoms with Crippen molar-refractivity contribution in [2.45, 2.75) is 32.1 Å². The molecular formula is C11H14FN3O5. The first kappa shape index (κ1) is 15.8. The molecule has 0 unspecified atom stereocenters. The Kier molecular flexibility index (Phi) is 5.78. The average Bonchev–Trinajstić information content (AvgIpc) is 2.41. The molecule has 110 valence electrons. The fourth-order valence-corrected chi connectivity index (χ4v) is 1.55. The van der Waals surface area contributed by atoms with Crippen LogP contribution in [-0.4, -0.2) is 26.6 Å². The number of amides is 1. The summed E-state index contributed by atoms with van der Waals surface area (Å²) >= 11 is 0. The van der Waals surface area contributed by atoms with Crippen molar-refractivity contribution >= 4 is 11.8 Å². The van der Waals surface area contributed by atoms with Crippen molar-refractivity contribution in [3.8, 4) is 0 Å². The van der Waals surface area contributed by atoms with E-state index < -0.39 is 28.9 Å². The molecule has 0 aliphatic carbocycles. The van der Waals surface area contributed by atoms with E-state index in [4.69, 9.17) is 5.21 Å². The van der Waals surface area contributed by atoms with Crippen LogP contribution in [0, 0.1) is 5.82 Å². The Labute approximate surface area is 112 Å². The van der Waals surface area contributed by atoms with Crippen molar-refractivity contribution < 1.29 is 19.2 Å². The first-order chi connectivity index (χ1) is 9.45. The molecule has 0 aliphatic heterocycles. The van der Waals surface area contributed by atoms with E-state index in [-0.39, 0.29) is 12.8 Å². The van der Waals surface area contributed by atoms with Gasteiger partial charge in [-0.2, -0.15) is 4.39 Å². The van der Waals surface area contributed by atoms with Crippen LogP contribution in [0.25, 0.3) is 0 Å². The summed E-state index contributed by atoms with van der Waals surface area (Å²) in [5, 5.41) is 8.25. The highest BCUT2D eigenvalue weighted by molar-refractivity contribution is 5.78. The van der Waals surface area contributed by atoms with Crippen LogP contribution in [0.5, 0.6) is 0 Å². The summed E-state index contributed by atoms with van der Waals surface area (Å²) in [6.45, 7) is 0. The van der Waals surface area contributed by atoms with Crippen LogP contribution >= 0.6 is 0 Å². The van der Waals surface area contributed by atoms with Gasteiger partial charge < -0.3 is 0 Å². The number of hydrogen-bond acceptors (Lipinski definition) is 5. The van der Waals surface area contributed by atoms with E-state index in [9.17, 15) is 23.6 Å². The van der Waals surface area contributed by atoms with Crippen LogP contribution in [0.1, 0.15) is 36.9 Å². The maximum atomic E-state index is 13.0. The lowest BCUT2D eigenvalue weighted by Gasteiger charge is -2.03. The first-order valence-electron chi connectivity index (χ1n) is 5.93. The van der Waals surface area contributed by atoms with E-state index in [0.29, 0.717) is 30.0 Å². The fourth-order valence-electron chi connectivity index (χ4n) is 1.55. The summed E-state index contributed by atoms with van der Waals surface area (Å²) in [6, 6.07) is 0. The zero-order valence-corrected chi connectivity index (χ0v) is 10.5. The molecule has 0 aromatic carbocycles. The van der Waals surface area contributed by atoms with E-state index in [2.05, 4.69) is 0 Å². The van der Waals surface area contributed by atoms with Gasteiger partial charge in [0.15, 0.2) is 0 Å². The minimum atomic E-state index is -1.21. The Hall–Kier alpha value is -2.29. The Morgan fingerprint density at radius 1 is 1.25 bits per heavy atom. The van der Waals surface area contributed by atoms with Gasteiger partial charge in [-0.3, -0.25) is 24.6 Å². The third-order valence-electron chi connectivity index (χ3n) is 2.59. The molecule has 1 rings (SSSR count). The number of nitrogens with zero attached hydrogens (tertiary/aromatic N) is 1. The maximum absolute atomic E-state index is 13.0. The molecule has 0 spiro atoms. The molecule has 0 saturated carbocycles. The number of nitrogens with one attached hydrogen (secondary N) is 2. The van der Waals surface area contributed by atoms with Gasteiger partial charge in [0.05, 0.1) is 6.20 Å². The van der Waals surface area contributed by atoms with Gasteiger partial charge in [-0.1, -0.05) is 6.42 Å². The smallest absolute Gasteiger partial charge is 0.289 e. The summed E-state index contributed by atoms with van der Waals surface area (Å²) in [5.74, 6) is -2.37. The molecule has 3 N–H and O–H groups in total. The Balaban J connectivity index is 2.48. The van der Waals surface area contributed by atoms with E-state index in [0.717, 1.165) is 0 Å². The molecule has 1 amide bonds. The molecule has 0 saturated heterocycles.